The van der Waals surface area contributed by atoms with Gasteiger partial charge in [-0.15, -0.1) is 13.2 Å². The van der Waals surface area contributed by atoms with Gasteiger partial charge in [0.15, 0.2) is 0 Å². The minimum Gasteiger partial charge on any atom is -0.400 e. The van der Waals surface area contributed by atoms with Crippen LogP contribution in [0.15, 0.2) is 43.6 Å². The summed E-state index contributed by atoms with van der Waals surface area (Å²) in [5, 5.41) is 7.63. The summed E-state index contributed by atoms with van der Waals surface area (Å²) in [6.07, 6.45) is 5.03. The molecule has 2 aliphatic heterocycles. The lowest BCUT2D eigenvalue weighted by Crippen LogP contribution is -2.48. The van der Waals surface area contributed by atoms with Crippen LogP contribution >= 0.6 is 11.6 Å². The van der Waals surface area contributed by atoms with Gasteiger partial charge in [-0.1, -0.05) is 31.2 Å². The number of aliphatic hydroxyl groups is 1. The first kappa shape index (κ1) is 31.5. The number of piperidine rings is 2. The molecule has 2 aliphatic rings. The van der Waals surface area contributed by atoms with Gasteiger partial charge in [-0.25, -0.2) is 0 Å². The van der Waals surface area contributed by atoms with Gasteiger partial charge >= 0.3 is 0 Å². The molecule has 1 aromatic rings. The fourth-order valence-electron chi connectivity index (χ4n) is 4.05. The third-order valence-corrected chi connectivity index (χ3v) is 6.34. The molecule has 7 nitrogen and oxygen atoms in total. The number of allylic oxidation sites excluding steroid dienone is 1. The van der Waals surface area contributed by atoms with E-state index in [9.17, 15) is 9.59 Å². The first-order chi connectivity index (χ1) is 16.2. The number of anilines is 1. The predicted molar refractivity (Wildman–Crippen MR) is 142 cm³/mol. The minimum absolute atomic E-state index is 0.0962. The number of hydrogen-bond donors (Lipinski definition) is 3. The van der Waals surface area contributed by atoms with Crippen LogP contribution in [0.25, 0.3) is 0 Å². The Kier molecular flexibility index (Phi) is 15.7. The molecule has 2 atom stereocenters. The fraction of sp³-hybridized carbons (Fsp3) is 0.538. The maximum absolute atomic E-state index is 12.5. The van der Waals surface area contributed by atoms with E-state index in [0.717, 1.165) is 57.1 Å². The number of carbonyl (C=O) groups is 2. The first-order valence-corrected chi connectivity index (χ1v) is 12.1. The molecule has 2 amide bonds. The van der Waals surface area contributed by atoms with Crippen molar-refractivity contribution in [3.63, 3.8) is 0 Å². The van der Waals surface area contributed by atoms with Crippen molar-refractivity contribution in [2.24, 2.45) is 17.6 Å². The van der Waals surface area contributed by atoms with Crippen molar-refractivity contribution in [1.82, 2.24) is 9.80 Å². The topological polar surface area (TPSA) is 113 Å². The van der Waals surface area contributed by atoms with Gasteiger partial charge in [0.25, 0.3) is 0 Å². The smallest absolute Gasteiger partial charge is 0.242 e. The monoisotopic (exact) mass is 494 g/mol. The number of carbonyl (C=O) groups excluding carboxylic acids is 2. The van der Waals surface area contributed by atoms with Crippen LogP contribution in [0.3, 0.4) is 0 Å². The number of aryl methyl sites for hydroxylation is 1. The van der Waals surface area contributed by atoms with Crippen molar-refractivity contribution in [2.45, 2.75) is 46.0 Å². The minimum atomic E-state index is -0.291. The van der Waals surface area contributed by atoms with Gasteiger partial charge in [0.2, 0.25) is 11.8 Å². The number of nitrogens with zero attached hydrogens (tertiary/aromatic N) is 2. The van der Waals surface area contributed by atoms with Gasteiger partial charge in [-0.2, -0.15) is 0 Å². The average molecular weight is 495 g/mol. The Morgan fingerprint density at radius 2 is 1.79 bits per heavy atom. The number of benzene rings is 1. The number of nitrogen functional groups attached to an aromatic ring is 1. The summed E-state index contributed by atoms with van der Waals surface area (Å²) < 4.78 is 0. The van der Waals surface area contributed by atoms with Crippen molar-refractivity contribution in [3.05, 3.63) is 54.2 Å². The fourth-order valence-corrected chi connectivity index (χ4v) is 4.28. The van der Waals surface area contributed by atoms with Crippen LogP contribution in [0.2, 0.25) is 5.02 Å². The van der Waals surface area contributed by atoms with Crippen LogP contribution in [0, 0.1) is 18.8 Å². The first-order valence-electron chi connectivity index (χ1n) is 11.7. The zero-order chi connectivity index (χ0) is 26.3. The Morgan fingerprint density at radius 1 is 1.18 bits per heavy atom. The zero-order valence-electron chi connectivity index (χ0n) is 21.1. The van der Waals surface area contributed by atoms with E-state index in [2.05, 4.69) is 31.6 Å². The summed E-state index contributed by atoms with van der Waals surface area (Å²) in [5.74, 6) is 0.127. The summed E-state index contributed by atoms with van der Waals surface area (Å²) in [6, 6.07) is 5.58. The Bertz CT molecular complexity index is 787. The van der Waals surface area contributed by atoms with Gasteiger partial charge in [-0.05, 0) is 62.6 Å². The molecule has 1 unspecified atom stereocenters. The van der Waals surface area contributed by atoms with Crippen LogP contribution in [-0.2, 0) is 9.59 Å². The number of aliphatic hydroxyl groups excluding tert-OH is 1. The molecule has 2 fully saturated rings. The highest BCUT2D eigenvalue weighted by molar-refractivity contribution is 6.33. The van der Waals surface area contributed by atoms with Gasteiger partial charge < -0.3 is 26.4 Å². The van der Waals surface area contributed by atoms with Gasteiger partial charge in [0.1, 0.15) is 0 Å². The normalized spacial score (nSPS) is 19.4. The molecule has 2 saturated heterocycles. The average Bonchev–Trinajstić information content (AvgIpc) is 2.86. The molecule has 0 spiro atoms. The number of rotatable bonds is 4. The lowest BCUT2D eigenvalue weighted by molar-refractivity contribution is -0.135. The van der Waals surface area contributed by atoms with E-state index < -0.39 is 0 Å². The molecule has 0 saturated carbocycles. The Hall–Kier alpha value is -2.51. The second-order valence-electron chi connectivity index (χ2n) is 8.27. The van der Waals surface area contributed by atoms with Crippen LogP contribution in [-0.4, -0.2) is 60.0 Å². The van der Waals surface area contributed by atoms with Crippen LogP contribution < -0.4 is 11.5 Å². The number of hydrogen-bond acceptors (Lipinski definition) is 5. The molecule has 192 valence electrons. The maximum Gasteiger partial charge on any atom is 0.242 e. The molecule has 34 heavy (non-hydrogen) atoms. The number of likely N-dealkylation sites (tertiary alicyclic amines) is 2. The number of halogens is 1. The van der Waals surface area contributed by atoms with Crippen molar-refractivity contribution < 1.29 is 14.7 Å². The van der Waals surface area contributed by atoms with E-state index >= 15 is 0 Å². The van der Waals surface area contributed by atoms with Crippen molar-refractivity contribution in [3.8, 4) is 0 Å². The van der Waals surface area contributed by atoms with E-state index in [-0.39, 0.29) is 17.7 Å². The highest BCUT2D eigenvalue weighted by atomic mass is 35.5. The molecule has 3 rings (SSSR count). The molecule has 2 heterocycles. The lowest BCUT2D eigenvalue weighted by atomic mass is 9.92. The highest BCUT2D eigenvalue weighted by Gasteiger charge is 2.29. The second-order valence-corrected chi connectivity index (χ2v) is 8.67. The van der Waals surface area contributed by atoms with Crippen molar-refractivity contribution in [2.75, 3.05) is 39.0 Å². The summed E-state index contributed by atoms with van der Waals surface area (Å²) in [6.45, 7) is 16.8. The quantitative estimate of drug-likeness (QED) is 0.432. The third kappa shape index (κ3) is 10.2. The molecule has 0 aromatic heterocycles. The van der Waals surface area contributed by atoms with E-state index in [1.807, 2.05) is 19.1 Å². The Morgan fingerprint density at radius 3 is 2.32 bits per heavy atom. The van der Waals surface area contributed by atoms with Crippen molar-refractivity contribution >= 4 is 29.1 Å². The van der Waals surface area contributed by atoms with Gasteiger partial charge in [0.05, 0.1) is 23.2 Å². The van der Waals surface area contributed by atoms with Crippen molar-refractivity contribution in [1.29, 1.82) is 0 Å². The molecule has 1 aromatic carbocycles. The molecule has 5 N–H and O–H groups in total. The largest absolute Gasteiger partial charge is 0.400 e. The summed E-state index contributed by atoms with van der Waals surface area (Å²) in [7, 11) is 1.00. The summed E-state index contributed by atoms with van der Waals surface area (Å²) in [4.78, 5) is 27.7. The standard InChI is InChI=1S/C16H27N3O2.C7H8ClN.C2H4.CH4O/c1-3-13-6-4-8-18(12(13)2)11-15(20)19-9-5-7-14(10-19)16(17)21;1-5-2-3-7(9)6(8)4-5;2*1-2/h13-14H,2-11H2,1H3,(H2,17,21);2-4H,9H2,1H3;1-2H2;2H,1H3/t13-,14?;;;/m0.../s1. The van der Waals surface area contributed by atoms with Crippen LogP contribution in [0.1, 0.15) is 44.6 Å². The number of nitrogens with two attached hydrogens (primary N) is 2. The summed E-state index contributed by atoms with van der Waals surface area (Å²) >= 11 is 5.69. The van der Waals surface area contributed by atoms with E-state index in [4.69, 9.17) is 28.2 Å². The third-order valence-electron chi connectivity index (χ3n) is 6.01. The SMILES string of the molecule is C=C.C=C1[C@@H](CC)CCCN1CC(=O)N1CCCC(C(N)=O)C1.CO.Cc1ccc(N)c(Cl)c1. The van der Waals surface area contributed by atoms with Crippen LogP contribution in [0.5, 0.6) is 0 Å². The Labute approximate surface area is 210 Å². The molecular formula is C26H43ClN4O3. The zero-order valence-corrected chi connectivity index (χ0v) is 21.8. The lowest BCUT2D eigenvalue weighted by Gasteiger charge is -2.38. The predicted octanol–water partition coefficient (Wildman–Crippen LogP) is 3.99. The highest BCUT2D eigenvalue weighted by Crippen LogP contribution is 2.28. The maximum atomic E-state index is 12.5. The summed E-state index contributed by atoms with van der Waals surface area (Å²) in [5.41, 5.74) is 13.7. The number of amides is 2. The molecule has 0 aliphatic carbocycles. The number of primary amides is 1. The van der Waals surface area contributed by atoms with E-state index in [0.29, 0.717) is 29.7 Å². The molecule has 0 radical (unpaired) electrons. The van der Waals surface area contributed by atoms with Gasteiger partial charge in [-0.3, -0.25) is 9.59 Å². The molecule has 0 bridgehead atoms. The Balaban J connectivity index is 0.000000698. The molecular weight excluding hydrogens is 452 g/mol. The molecule has 8 heteroatoms. The van der Waals surface area contributed by atoms with E-state index in [1.165, 1.54) is 6.42 Å². The van der Waals surface area contributed by atoms with Gasteiger partial charge in [0, 0.05) is 32.4 Å². The van der Waals surface area contributed by atoms with E-state index in [1.54, 1.807) is 11.0 Å². The second kappa shape index (κ2) is 17.0. The van der Waals surface area contributed by atoms with Crippen LogP contribution in [0.4, 0.5) is 5.69 Å².